The second kappa shape index (κ2) is 9.47. The molecule has 4 heteroatoms. The molecule has 4 nitrogen and oxygen atoms in total. The molecule has 0 aliphatic rings. The van der Waals surface area contributed by atoms with Gasteiger partial charge in [-0.15, -0.1) is 0 Å². The summed E-state index contributed by atoms with van der Waals surface area (Å²) in [7, 11) is 0. The minimum absolute atomic E-state index is 0.157. The molecule has 0 aliphatic heterocycles. The van der Waals surface area contributed by atoms with Gasteiger partial charge in [-0.1, -0.05) is 6.42 Å². The molecule has 0 bridgehead atoms. The highest BCUT2D eigenvalue weighted by Gasteiger charge is 2.09. The van der Waals surface area contributed by atoms with Gasteiger partial charge in [-0.05, 0) is 26.3 Å². The van der Waals surface area contributed by atoms with Crippen molar-refractivity contribution in [3.63, 3.8) is 0 Å². The van der Waals surface area contributed by atoms with Crippen LogP contribution in [-0.4, -0.2) is 30.4 Å². The minimum Gasteiger partial charge on any atom is -0.342 e. The SMILES string of the molecule is CCN(CCC#N)C(=O)CCCCCN. The van der Waals surface area contributed by atoms with E-state index in [0.29, 0.717) is 32.5 Å². The predicted octanol–water partition coefficient (Wildman–Crippen LogP) is 1.27. The average molecular weight is 211 g/mol. The Kier molecular flexibility index (Phi) is 8.79. The van der Waals surface area contributed by atoms with Gasteiger partial charge in [0.1, 0.15) is 0 Å². The monoisotopic (exact) mass is 211 g/mol. The second-order valence-electron chi connectivity index (χ2n) is 3.48. The quantitative estimate of drug-likeness (QED) is 0.615. The number of nitriles is 1. The van der Waals surface area contributed by atoms with Crippen molar-refractivity contribution in [3.05, 3.63) is 0 Å². The molecule has 0 saturated carbocycles. The summed E-state index contributed by atoms with van der Waals surface area (Å²) in [5.41, 5.74) is 5.37. The van der Waals surface area contributed by atoms with E-state index in [1.54, 1.807) is 4.90 Å². The van der Waals surface area contributed by atoms with Crippen molar-refractivity contribution in [2.24, 2.45) is 5.73 Å². The van der Waals surface area contributed by atoms with Crippen LogP contribution in [0.2, 0.25) is 0 Å². The van der Waals surface area contributed by atoms with Crippen LogP contribution in [0, 0.1) is 11.3 Å². The number of carbonyl (C=O) groups is 1. The standard InChI is InChI=1S/C11H21N3O/c1-2-14(10-6-9-13)11(15)7-4-3-5-8-12/h2-8,10,12H2,1H3. The van der Waals surface area contributed by atoms with E-state index in [1.807, 2.05) is 6.92 Å². The maximum Gasteiger partial charge on any atom is 0.222 e. The summed E-state index contributed by atoms with van der Waals surface area (Å²) in [6.07, 6.45) is 3.90. The Bertz CT molecular complexity index is 210. The van der Waals surface area contributed by atoms with Gasteiger partial charge in [-0.25, -0.2) is 0 Å². The summed E-state index contributed by atoms with van der Waals surface area (Å²) in [5, 5.41) is 8.44. The largest absolute Gasteiger partial charge is 0.342 e. The summed E-state index contributed by atoms with van der Waals surface area (Å²) >= 11 is 0. The first-order chi connectivity index (χ1) is 7.26. The first-order valence-electron chi connectivity index (χ1n) is 5.61. The van der Waals surface area contributed by atoms with E-state index in [0.717, 1.165) is 19.3 Å². The van der Waals surface area contributed by atoms with E-state index in [4.69, 9.17) is 11.0 Å². The Morgan fingerprint density at radius 1 is 1.40 bits per heavy atom. The van der Waals surface area contributed by atoms with Gasteiger partial charge in [0.15, 0.2) is 0 Å². The van der Waals surface area contributed by atoms with Gasteiger partial charge in [-0.2, -0.15) is 5.26 Å². The van der Waals surface area contributed by atoms with E-state index >= 15 is 0 Å². The van der Waals surface area contributed by atoms with Crippen LogP contribution in [0.3, 0.4) is 0 Å². The summed E-state index contributed by atoms with van der Waals surface area (Å²) < 4.78 is 0. The normalized spacial score (nSPS) is 9.67. The number of rotatable bonds is 8. The van der Waals surface area contributed by atoms with Crippen LogP contribution in [0.25, 0.3) is 0 Å². The summed E-state index contributed by atoms with van der Waals surface area (Å²) in [6.45, 7) is 3.88. The fourth-order valence-electron chi connectivity index (χ4n) is 1.40. The first-order valence-corrected chi connectivity index (χ1v) is 5.61. The smallest absolute Gasteiger partial charge is 0.222 e. The van der Waals surface area contributed by atoms with Crippen molar-refractivity contribution >= 4 is 5.91 Å². The number of nitrogens with two attached hydrogens (primary N) is 1. The molecule has 0 spiro atoms. The molecule has 0 radical (unpaired) electrons. The van der Waals surface area contributed by atoms with Crippen molar-refractivity contribution in [2.45, 2.75) is 39.0 Å². The zero-order valence-electron chi connectivity index (χ0n) is 9.54. The first kappa shape index (κ1) is 13.9. The molecule has 0 aliphatic carbocycles. The third kappa shape index (κ3) is 6.92. The van der Waals surface area contributed by atoms with Crippen LogP contribution in [0.4, 0.5) is 0 Å². The van der Waals surface area contributed by atoms with Gasteiger partial charge in [-0.3, -0.25) is 4.79 Å². The minimum atomic E-state index is 0.157. The van der Waals surface area contributed by atoms with Gasteiger partial charge in [0.05, 0.1) is 12.5 Å². The molecule has 2 N–H and O–H groups in total. The molecule has 0 atom stereocenters. The molecule has 0 saturated heterocycles. The van der Waals surface area contributed by atoms with Crippen molar-refractivity contribution in [1.82, 2.24) is 4.90 Å². The number of unbranched alkanes of at least 4 members (excludes halogenated alkanes) is 2. The van der Waals surface area contributed by atoms with Gasteiger partial charge in [0.25, 0.3) is 0 Å². The van der Waals surface area contributed by atoms with Gasteiger partial charge >= 0.3 is 0 Å². The van der Waals surface area contributed by atoms with Crippen molar-refractivity contribution in [1.29, 1.82) is 5.26 Å². The molecular formula is C11H21N3O. The molecule has 0 aromatic carbocycles. The molecule has 0 heterocycles. The Balaban J connectivity index is 3.69. The Morgan fingerprint density at radius 3 is 2.67 bits per heavy atom. The Hall–Kier alpha value is -1.08. The van der Waals surface area contributed by atoms with E-state index < -0.39 is 0 Å². The van der Waals surface area contributed by atoms with E-state index in [1.165, 1.54) is 0 Å². The number of hydrogen-bond acceptors (Lipinski definition) is 3. The van der Waals surface area contributed by atoms with Crippen LogP contribution in [0.1, 0.15) is 39.0 Å². The summed E-state index contributed by atoms with van der Waals surface area (Å²) in [4.78, 5) is 13.4. The van der Waals surface area contributed by atoms with E-state index in [2.05, 4.69) is 6.07 Å². The predicted molar refractivity (Wildman–Crippen MR) is 60.0 cm³/mol. The topological polar surface area (TPSA) is 70.1 Å². The van der Waals surface area contributed by atoms with Gasteiger partial charge < -0.3 is 10.6 Å². The fraction of sp³-hybridized carbons (Fsp3) is 0.818. The van der Waals surface area contributed by atoms with Crippen molar-refractivity contribution in [2.75, 3.05) is 19.6 Å². The molecular weight excluding hydrogens is 190 g/mol. The number of carbonyl (C=O) groups excluding carboxylic acids is 1. The Morgan fingerprint density at radius 2 is 2.13 bits per heavy atom. The highest BCUT2D eigenvalue weighted by atomic mass is 16.2. The number of amides is 1. The zero-order chi connectivity index (χ0) is 11.5. The molecule has 0 unspecified atom stereocenters. The van der Waals surface area contributed by atoms with Crippen LogP contribution in [0.5, 0.6) is 0 Å². The number of nitrogens with zero attached hydrogens (tertiary/aromatic N) is 2. The molecule has 0 fully saturated rings. The maximum atomic E-state index is 11.6. The highest BCUT2D eigenvalue weighted by Crippen LogP contribution is 2.03. The molecule has 1 amide bonds. The molecule has 0 aromatic rings. The lowest BCUT2D eigenvalue weighted by atomic mass is 10.2. The van der Waals surface area contributed by atoms with Gasteiger partial charge in [0.2, 0.25) is 5.91 Å². The lowest BCUT2D eigenvalue weighted by Gasteiger charge is -2.19. The maximum absolute atomic E-state index is 11.6. The van der Waals surface area contributed by atoms with Crippen molar-refractivity contribution < 1.29 is 4.79 Å². The lowest BCUT2D eigenvalue weighted by molar-refractivity contribution is -0.131. The van der Waals surface area contributed by atoms with Crippen LogP contribution >= 0.6 is 0 Å². The third-order valence-electron chi connectivity index (χ3n) is 2.32. The third-order valence-corrected chi connectivity index (χ3v) is 2.32. The van der Waals surface area contributed by atoms with Crippen LogP contribution in [-0.2, 0) is 4.79 Å². The van der Waals surface area contributed by atoms with Crippen LogP contribution < -0.4 is 5.73 Å². The molecule has 15 heavy (non-hydrogen) atoms. The molecule has 0 rings (SSSR count). The zero-order valence-corrected chi connectivity index (χ0v) is 9.54. The molecule has 0 aromatic heterocycles. The van der Waals surface area contributed by atoms with Crippen LogP contribution in [0.15, 0.2) is 0 Å². The van der Waals surface area contributed by atoms with Gasteiger partial charge in [0, 0.05) is 19.5 Å². The lowest BCUT2D eigenvalue weighted by Crippen LogP contribution is -2.31. The van der Waals surface area contributed by atoms with E-state index in [-0.39, 0.29) is 5.91 Å². The highest BCUT2D eigenvalue weighted by molar-refractivity contribution is 5.76. The molecule has 86 valence electrons. The summed E-state index contributed by atoms with van der Waals surface area (Å²) in [6, 6.07) is 2.05. The average Bonchev–Trinajstić information content (AvgIpc) is 2.25. The fourth-order valence-corrected chi connectivity index (χ4v) is 1.40. The second-order valence-corrected chi connectivity index (χ2v) is 3.48. The summed E-state index contributed by atoms with van der Waals surface area (Å²) in [5.74, 6) is 0.157. The van der Waals surface area contributed by atoms with E-state index in [9.17, 15) is 4.79 Å². The Labute approximate surface area is 92.0 Å². The van der Waals surface area contributed by atoms with Crippen molar-refractivity contribution in [3.8, 4) is 6.07 Å². The number of hydrogen-bond donors (Lipinski definition) is 1.